The van der Waals surface area contributed by atoms with Crippen molar-refractivity contribution in [3.05, 3.63) is 28.4 Å². The average Bonchev–Trinajstić information content (AvgIpc) is 2.59. The third kappa shape index (κ3) is 1.73. The second-order valence-corrected chi connectivity index (χ2v) is 4.04. The van der Waals surface area contributed by atoms with E-state index in [2.05, 4.69) is 15.9 Å². The van der Waals surface area contributed by atoms with E-state index in [1.807, 2.05) is 0 Å². The van der Waals surface area contributed by atoms with Gasteiger partial charge in [0.1, 0.15) is 0 Å². The molecule has 4 nitrogen and oxygen atoms in total. The third-order valence-corrected chi connectivity index (χ3v) is 2.65. The zero-order chi connectivity index (χ0) is 11.0. The highest BCUT2D eigenvalue weighted by Crippen LogP contribution is 2.35. The minimum absolute atomic E-state index is 0.0141. The highest BCUT2D eigenvalue weighted by Gasteiger charge is 2.15. The highest BCUT2D eigenvalue weighted by atomic mass is 79.9. The number of hydrogen-bond donors (Lipinski definition) is 3. The molecule has 0 radical (unpaired) electrons. The van der Waals surface area contributed by atoms with Gasteiger partial charge in [0.05, 0.1) is 12.6 Å². The van der Waals surface area contributed by atoms with E-state index < -0.39 is 6.04 Å². The predicted octanol–water partition coefficient (Wildman–Crippen LogP) is 1.89. The Morgan fingerprint density at radius 1 is 1.47 bits per heavy atom. The number of phenolic OH excluding ortho intramolecular Hbond substituents is 1. The molecular formula is C10H10BrNO3. The number of benzene rings is 1. The van der Waals surface area contributed by atoms with E-state index in [1.165, 1.54) is 0 Å². The summed E-state index contributed by atoms with van der Waals surface area (Å²) in [7, 11) is 0. The average molecular weight is 272 g/mol. The van der Waals surface area contributed by atoms with E-state index in [0.29, 0.717) is 15.8 Å². The van der Waals surface area contributed by atoms with Gasteiger partial charge in [-0.3, -0.25) is 0 Å². The van der Waals surface area contributed by atoms with Gasteiger partial charge in [-0.1, -0.05) is 12.1 Å². The van der Waals surface area contributed by atoms with Crippen molar-refractivity contribution >= 4 is 26.9 Å². The van der Waals surface area contributed by atoms with Crippen LogP contribution in [0.3, 0.4) is 0 Å². The molecule has 1 aromatic heterocycles. The molecule has 2 aromatic rings. The lowest BCUT2D eigenvalue weighted by molar-refractivity contribution is 0.265. The summed E-state index contributed by atoms with van der Waals surface area (Å²) in [6.07, 6.45) is 0. The fourth-order valence-electron chi connectivity index (χ4n) is 1.47. The first kappa shape index (κ1) is 10.5. The summed E-state index contributed by atoms with van der Waals surface area (Å²) in [6.45, 7) is -0.221. The van der Waals surface area contributed by atoms with Crippen LogP contribution in [0.25, 0.3) is 11.0 Å². The Morgan fingerprint density at radius 3 is 2.87 bits per heavy atom. The number of halogens is 1. The Morgan fingerprint density at radius 2 is 2.20 bits per heavy atom. The predicted molar refractivity (Wildman–Crippen MR) is 59.6 cm³/mol. The van der Waals surface area contributed by atoms with Crippen LogP contribution in [0.2, 0.25) is 0 Å². The molecule has 0 fully saturated rings. The normalized spacial score (nSPS) is 13.3. The van der Waals surface area contributed by atoms with Crippen LogP contribution in [0, 0.1) is 0 Å². The Bertz CT molecular complexity index is 495. The van der Waals surface area contributed by atoms with Gasteiger partial charge in [0.15, 0.2) is 16.0 Å². The van der Waals surface area contributed by atoms with Crippen LogP contribution in [0.5, 0.6) is 5.75 Å². The first-order valence-electron chi connectivity index (χ1n) is 4.41. The molecule has 0 aliphatic carbocycles. The third-order valence-electron chi connectivity index (χ3n) is 2.26. The topological polar surface area (TPSA) is 79.6 Å². The summed E-state index contributed by atoms with van der Waals surface area (Å²) in [5.41, 5.74) is 6.49. The van der Waals surface area contributed by atoms with Gasteiger partial charge >= 0.3 is 0 Å². The maximum Gasteiger partial charge on any atom is 0.177 e. The lowest BCUT2D eigenvalue weighted by Crippen LogP contribution is -2.14. The van der Waals surface area contributed by atoms with E-state index in [4.69, 9.17) is 15.3 Å². The smallest absolute Gasteiger partial charge is 0.177 e. The van der Waals surface area contributed by atoms with Crippen LogP contribution in [0.1, 0.15) is 11.6 Å². The first-order valence-corrected chi connectivity index (χ1v) is 5.20. The minimum atomic E-state index is -0.599. The van der Waals surface area contributed by atoms with Crippen molar-refractivity contribution < 1.29 is 14.6 Å². The largest absolute Gasteiger partial charge is 0.504 e. The molecule has 0 spiro atoms. The van der Waals surface area contributed by atoms with Crippen LogP contribution in [0.15, 0.2) is 27.3 Å². The number of nitrogens with two attached hydrogens (primary N) is 1. The first-order chi connectivity index (χ1) is 7.13. The van der Waals surface area contributed by atoms with Crippen LogP contribution in [-0.4, -0.2) is 16.8 Å². The zero-order valence-corrected chi connectivity index (χ0v) is 9.36. The Labute approximate surface area is 94.4 Å². The van der Waals surface area contributed by atoms with Crippen molar-refractivity contribution in [2.24, 2.45) is 5.73 Å². The molecule has 5 heteroatoms. The van der Waals surface area contributed by atoms with E-state index in [9.17, 15) is 5.11 Å². The molecule has 0 amide bonds. The van der Waals surface area contributed by atoms with Crippen LogP contribution in [0.4, 0.5) is 0 Å². The van der Waals surface area contributed by atoms with E-state index in [0.717, 1.165) is 5.39 Å². The number of aromatic hydroxyl groups is 1. The van der Waals surface area contributed by atoms with Crippen molar-refractivity contribution in [2.75, 3.05) is 6.61 Å². The summed E-state index contributed by atoms with van der Waals surface area (Å²) in [6, 6.07) is 4.62. The number of fused-ring (bicyclic) bond motifs is 1. The zero-order valence-electron chi connectivity index (χ0n) is 7.77. The summed E-state index contributed by atoms with van der Waals surface area (Å²) < 4.78 is 5.81. The van der Waals surface area contributed by atoms with Crippen LogP contribution >= 0.6 is 15.9 Å². The van der Waals surface area contributed by atoms with Crippen molar-refractivity contribution in [1.82, 2.24) is 0 Å². The van der Waals surface area contributed by atoms with Gasteiger partial charge in [0, 0.05) is 10.9 Å². The molecule has 1 heterocycles. The van der Waals surface area contributed by atoms with E-state index in [1.54, 1.807) is 18.2 Å². The van der Waals surface area contributed by atoms with Crippen LogP contribution < -0.4 is 5.73 Å². The summed E-state index contributed by atoms with van der Waals surface area (Å²) >= 11 is 3.18. The van der Waals surface area contributed by atoms with Crippen molar-refractivity contribution in [3.8, 4) is 5.75 Å². The number of aliphatic hydroxyl groups is 1. The second-order valence-electron chi connectivity index (χ2n) is 3.26. The summed E-state index contributed by atoms with van der Waals surface area (Å²) in [5.74, 6) is -0.0141. The maximum absolute atomic E-state index is 9.86. The van der Waals surface area contributed by atoms with Gasteiger partial charge in [0.2, 0.25) is 0 Å². The maximum atomic E-state index is 9.86. The fourth-order valence-corrected chi connectivity index (χ4v) is 1.88. The van der Waals surface area contributed by atoms with Crippen molar-refractivity contribution in [3.63, 3.8) is 0 Å². The molecule has 2 rings (SSSR count). The number of hydrogen-bond acceptors (Lipinski definition) is 4. The van der Waals surface area contributed by atoms with Crippen molar-refractivity contribution in [1.29, 1.82) is 0 Å². The molecular weight excluding hydrogens is 262 g/mol. The molecule has 0 saturated carbocycles. The van der Waals surface area contributed by atoms with Crippen molar-refractivity contribution in [2.45, 2.75) is 6.04 Å². The molecule has 0 aliphatic rings. The fraction of sp³-hybridized carbons (Fsp3) is 0.200. The van der Waals surface area contributed by atoms with Gasteiger partial charge in [-0.25, -0.2) is 0 Å². The van der Waals surface area contributed by atoms with Gasteiger partial charge in [0.25, 0.3) is 0 Å². The Hall–Kier alpha value is -1.04. The molecule has 15 heavy (non-hydrogen) atoms. The lowest BCUT2D eigenvalue weighted by Gasteiger charge is -2.10. The quantitative estimate of drug-likeness (QED) is 0.780. The monoisotopic (exact) mass is 271 g/mol. The highest BCUT2D eigenvalue weighted by molar-refractivity contribution is 9.10. The molecule has 4 N–H and O–H groups in total. The Kier molecular flexibility index (Phi) is 2.68. The number of rotatable bonds is 2. The standard InChI is InChI=1S/C10H10BrNO3/c11-8-3-5-1-2-6(7(12)4-13)9(14)10(5)15-8/h1-3,7,13-14H,4,12H2. The lowest BCUT2D eigenvalue weighted by atomic mass is 10.1. The summed E-state index contributed by atoms with van der Waals surface area (Å²) in [4.78, 5) is 0. The summed E-state index contributed by atoms with van der Waals surface area (Å²) in [5, 5.41) is 19.6. The molecule has 0 bridgehead atoms. The Balaban J connectivity index is 2.64. The van der Waals surface area contributed by atoms with E-state index >= 15 is 0 Å². The molecule has 0 saturated heterocycles. The number of furan rings is 1. The van der Waals surface area contributed by atoms with Gasteiger partial charge in [-0.15, -0.1) is 0 Å². The molecule has 80 valence electrons. The van der Waals surface area contributed by atoms with Crippen LogP contribution in [-0.2, 0) is 0 Å². The van der Waals surface area contributed by atoms with Gasteiger partial charge in [-0.05, 0) is 22.0 Å². The molecule has 1 aromatic carbocycles. The second kappa shape index (κ2) is 3.84. The van der Waals surface area contributed by atoms with Gasteiger partial charge in [-0.2, -0.15) is 0 Å². The molecule has 0 aliphatic heterocycles. The number of aliphatic hydroxyl groups excluding tert-OH is 1. The molecule has 1 unspecified atom stereocenters. The van der Waals surface area contributed by atoms with Gasteiger partial charge < -0.3 is 20.4 Å². The minimum Gasteiger partial charge on any atom is -0.504 e. The number of phenols is 1. The molecule has 1 atom stereocenters. The SMILES string of the molecule is NC(CO)c1ccc2cc(Br)oc2c1O. The van der Waals surface area contributed by atoms with E-state index in [-0.39, 0.29) is 12.4 Å².